The van der Waals surface area contributed by atoms with Crippen LogP contribution in [-0.2, 0) is 4.79 Å². The summed E-state index contributed by atoms with van der Waals surface area (Å²) in [7, 11) is 0. The standard InChI is InChI=1S/C16H19F2N3O2/c1-2-20-6-11-7-21(9-12(8-20)19-15(11)22)16(23)10-3-4-13(17)14(18)5-10/h3-5,11-12H,2,6-9H2,1H3,(H,19,22)/t11-,12+/m1/s1. The molecule has 2 amide bonds. The van der Waals surface area contributed by atoms with Crippen molar-refractivity contribution in [2.75, 3.05) is 32.7 Å². The molecule has 1 aromatic carbocycles. The van der Waals surface area contributed by atoms with E-state index < -0.39 is 11.6 Å². The Kier molecular flexibility index (Phi) is 4.30. The Balaban J connectivity index is 1.82. The van der Waals surface area contributed by atoms with E-state index in [-0.39, 0.29) is 35.9 Å². The van der Waals surface area contributed by atoms with Crippen LogP contribution < -0.4 is 5.32 Å². The molecule has 0 aliphatic carbocycles. The third kappa shape index (κ3) is 3.19. The van der Waals surface area contributed by atoms with Crippen LogP contribution in [0.15, 0.2) is 18.2 Å². The summed E-state index contributed by atoms with van der Waals surface area (Å²) in [5, 5.41) is 2.95. The van der Waals surface area contributed by atoms with Crippen LogP contribution in [0.1, 0.15) is 17.3 Å². The van der Waals surface area contributed by atoms with Crippen LogP contribution in [0.2, 0.25) is 0 Å². The van der Waals surface area contributed by atoms with Gasteiger partial charge in [-0.3, -0.25) is 9.59 Å². The molecule has 2 saturated heterocycles. The number of nitrogens with one attached hydrogen (secondary N) is 1. The second-order valence-electron chi connectivity index (χ2n) is 6.09. The molecule has 0 spiro atoms. The van der Waals surface area contributed by atoms with Crippen LogP contribution >= 0.6 is 0 Å². The molecule has 1 N–H and O–H groups in total. The van der Waals surface area contributed by atoms with Crippen molar-refractivity contribution in [3.8, 4) is 0 Å². The van der Waals surface area contributed by atoms with Gasteiger partial charge in [0.1, 0.15) is 0 Å². The molecule has 0 aromatic heterocycles. The first-order valence-electron chi connectivity index (χ1n) is 7.75. The van der Waals surface area contributed by atoms with Gasteiger partial charge in [0.05, 0.1) is 12.0 Å². The van der Waals surface area contributed by atoms with Gasteiger partial charge in [-0.2, -0.15) is 0 Å². The van der Waals surface area contributed by atoms with E-state index in [1.165, 1.54) is 6.07 Å². The van der Waals surface area contributed by atoms with Gasteiger partial charge in [0, 0.05) is 31.7 Å². The number of hydrogen-bond donors (Lipinski definition) is 1. The van der Waals surface area contributed by atoms with Gasteiger partial charge in [-0.15, -0.1) is 0 Å². The van der Waals surface area contributed by atoms with E-state index in [1.807, 2.05) is 6.92 Å². The Morgan fingerprint density at radius 1 is 1.22 bits per heavy atom. The van der Waals surface area contributed by atoms with Crippen LogP contribution in [0.3, 0.4) is 0 Å². The lowest BCUT2D eigenvalue weighted by Gasteiger charge is -2.32. The predicted molar refractivity (Wildman–Crippen MR) is 79.8 cm³/mol. The summed E-state index contributed by atoms with van der Waals surface area (Å²) in [6, 6.07) is 2.98. The number of carbonyl (C=O) groups excluding carboxylic acids is 2. The first-order chi connectivity index (χ1) is 11.0. The summed E-state index contributed by atoms with van der Waals surface area (Å²) in [6.07, 6.45) is 0. The Labute approximate surface area is 133 Å². The van der Waals surface area contributed by atoms with E-state index in [0.717, 1.165) is 18.7 Å². The molecule has 3 rings (SSSR count). The summed E-state index contributed by atoms with van der Waals surface area (Å²) in [6.45, 7) is 4.82. The van der Waals surface area contributed by atoms with Gasteiger partial charge < -0.3 is 15.1 Å². The van der Waals surface area contributed by atoms with Crippen molar-refractivity contribution in [2.24, 2.45) is 5.92 Å². The van der Waals surface area contributed by atoms with E-state index in [1.54, 1.807) is 4.90 Å². The molecule has 1 aromatic rings. The first-order valence-corrected chi connectivity index (χ1v) is 7.75. The number of hydrogen-bond acceptors (Lipinski definition) is 3. The zero-order chi connectivity index (χ0) is 16.6. The second-order valence-corrected chi connectivity index (χ2v) is 6.09. The molecule has 2 aliphatic heterocycles. The summed E-state index contributed by atoms with van der Waals surface area (Å²) in [5.41, 5.74) is 0.101. The van der Waals surface area contributed by atoms with Gasteiger partial charge in [-0.1, -0.05) is 6.92 Å². The van der Waals surface area contributed by atoms with Crippen LogP contribution in [0.5, 0.6) is 0 Å². The van der Waals surface area contributed by atoms with Crippen molar-refractivity contribution in [1.29, 1.82) is 0 Å². The lowest BCUT2D eigenvalue weighted by Crippen LogP contribution is -2.49. The Morgan fingerprint density at radius 2 is 2.00 bits per heavy atom. The number of halogens is 2. The lowest BCUT2D eigenvalue weighted by molar-refractivity contribution is -0.124. The fourth-order valence-electron chi connectivity index (χ4n) is 3.23. The van der Waals surface area contributed by atoms with Gasteiger partial charge in [0.25, 0.3) is 5.91 Å². The number of likely N-dealkylation sites (N-methyl/N-ethyl adjacent to an activating group) is 1. The summed E-state index contributed by atoms with van der Waals surface area (Å²) in [5.74, 6) is -2.76. The third-order valence-electron chi connectivity index (χ3n) is 4.46. The summed E-state index contributed by atoms with van der Waals surface area (Å²) >= 11 is 0. The average Bonchev–Trinajstić information content (AvgIpc) is 2.75. The van der Waals surface area contributed by atoms with E-state index >= 15 is 0 Å². The molecular formula is C16H19F2N3O2. The molecule has 2 fully saturated rings. The molecule has 7 heteroatoms. The predicted octanol–water partition coefficient (Wildman–Crippen LogP) is 0.857. The fourth-order valence-corrected chi connectivity index (χ4v) is 3.23. The van der Waals surface area contributed by atoms with Gasteiger partial charge in [0.2, 0.25) is 5.91 Å². The average molecular weight is 323 g/mol. The Morgan fingerprint density at radius 3 is 2.70 bits per heavy atom. The van der Waals surface area contributed by atoms with Gasteiger partial charge >= 0.3 is 0 Å². The highest BCUT2D eigenvalue weighted by Crippen LogP contribution is 2.19. The van der Waals surface area contributed by atoms with Crippen LogP contribution in [0.4, 0.5) is 8.78 Å². The van der Waals surface area contributed by atoms with E-state index in [0.29, 0.717) is 19.6 Å². The molecule has 5 nitrogen and oxygen atoms in total. The maximum absolute atomic E-state index is 13.4. The van der Waals surface area contributed by atoms with Gasteiger partial charge in [-0.05, 0) is 24.7 Å². The number of benzene rings is 1. The van der Waals surface area contributed by atoms with Crippen LogP contribution in [0.25, 0.3) is 0 Å². The maximum atomic E-state index is 13.4. The van der Waals surface area contributed by atoms with Crippen molar-refractivity contribution in [3.63, 3.8) is 0 Å². The molecule has 2 atom stereocenters. The molecular weight excluding hydrogens is 304 g/mol. The number of nitrogens with zero attached hydrogens (tertiary/aromatic N) is 2. The Bertz CT molecular complexity index is 638. The number of rotatable bonds is 2. The van der Waals surface area contributed by atoms with Gasteiger partial charge in [-0.25, -0.2) is 8.78 Å². The third-order valence-corrected chi connectivity index (χ3v) is 4.46. The van der Waals surface area contributed by atoms with Crippen molar-refractivity contribution >= 4 is 11.8 Å². The molecule has 124 valence electrons. The van der Waals surface area contributed by atoms with Crippen molar-refractivity contribution in [1.82, 2.24) is 15.1 Å². The molecule has 0 saturated carbocycles. The van der Waals surface area contributed by atoms with Crippen LogP contribution in [0, 0.1) is 17.6 Å². The number of carbonyl (C=O) groups is 2. The zero-order valence-electron chi connectivity index (χ0n) is 12.9. The van der Waals surface area contributed by atoms with Crippen molar-refractivity contribution in [3.05, 3.63) is 35.4 Å². The SMILES string of the molecule is CCN1C[C@H]2CN(C(=O)c3ccc(F)c(F)c3)C[C@@H](C1)C(=O)N2. The highest BCUT2D eigenvalue weighted by molar-refractivity contribution is 5.95. The highest BCUT2D eigenvalue weighted by atomic mass is 19.2. The molecule has 2 aliphatic rings. The molecule has 0 unspecified atom stereocenters. The highest BCUT2D eigenvalue weighted by Gasteiger charge is 2.37. The minimum absolute atomic E-state index is 0.0495. The Hall–Kier alpha value is -2.02. The molecule has 2 heterocycles. The second kappa shape index (κ2) is 6.23. The molecule has 0 radical (unpaired) electrons. The van der Waals surface area contributed by atoms with E-state index in [4.69, 9.17) is 0 Å². The molecule has 2 bridgehead atoms. The van der Waals surface area contributed by atoms with Crippen molar-refractivity contribution in [2.45, 2.75) is 13.0 Å². The summed E-state index contributed by atoms with van der Waals surface area (Å²) in [4.78, 5) is 28.5. The summed E-state index contributed by atoms with van der Waals surface area (Å²) < 4.78 is 26.4. The molecule has 23 heavy (non-hydrogen) atoms. The zero-order valence-corrected chi connectivity index (χ0v) is 12.9. The first kappa shape index (κ1) is 15.9. The maximum Gasteiger partial charge on any atom is 0.254 e. The van der Waals surface area contributed by atoms with E-state index in [2.05, 4.69) is 10.2 Å². The normalized spacial score (nSPS) is 25.0. The minimum atomic E-state index is -1.04. The van der Waals surface area contributed by atoms with Crippen LogP contribution in [-0.4, -0.2) is 60.4 Å². The fraction of sp³-hybridized carbons (Fsp3) is 0.500. The minimum Gasteiger partial charge on any atom is -0.350 e. The van der Waals surface area contributed by atoms with E-state index in [9.17, 15) is 18.4 Å². The quantitative estimate of drug-likeness (QED) is 0.878. The topological polar surface area (TPSA) is 52.7 Å². The van der Waals surface area contributed by atoms with Crippen molar-refractivity contribution < 1.29 is 18.4 Å². The monoisotopic (exact) mass is 323 g/mol. The number of amides is 2. The smallest absolute Gasteiger partial charge is 0.254 e. The lowest BCUT2D eigenvalue weighted by atomic mass is 10.1. The van der Waals surface area contributed by atoms with Gasteiger partial charge in [0.15, 0.2) is 11.6 Å². The number of fused-ring (bicyclic) bond motifs is 3. The largest absolute Gasteiger partial charge is 0.350 e.